The van der Waals surface area contributed by atoms with Gasteiger partial charge in [-0.05, 0) is 37.0 Å². The highest BCUT2D eigenvalue weighted by Gasteiger charge is 2.34. The number of nitriles is 1. The minimum absolute atomic E-state index is 0.0143. The van der Waals surface area contributed by atoms with E-state index in [-0.39, 0.29) is 11.4 Å². The Hall–Kier alpha value is -1.86. The summed E-state index contributed by atoms with van der Waals surface area (Å²) in [5.74, 6) is -0.0143. The fraction of sp³-hybridized carbons (Fsp3) is 0.429. The van der Waals surface area contributed by atoms with Gasteiger partial charge in [-0.2, -0.15) is 5.26 Å². The van der Waals surface area contributed by atoms with Crippen LogP contribution in [0.25, 0.3) is 0 Å². The molecule has 0 heterocycles. The van der Waals surface area contributed by atoms with Crippen molar-refractivity contribution in [3.8, 4) is 6.07 Å². The van der Waals surface area contributed by atoms with Crippen molar-refractivity contribution in [1.29, 1.82) is 5.26 Å². The highest BCUT2D eigenvalue weighted by Crippen LogP contribution is 2.31. The Kier molecular flexibility index (Phi) is 3.63. The van der Waals surface area contributed by atoms with Crippen LogP contribution < -0.4 is 11.1 Å². The van der Waals surface area contributed by atoms with Crippen LogP contribution in [0, 0.1) is 11.3 Å². The maximum absolute atomic E-state index is 11.7. The highest BCUT2D eigenvalue weighted by atomic mass is 16.1. The van der Waals surface area contributed by atoms with Crippen LogP contribution in [0.4, 0.5) is 0 Å². The van der Waals surface area contributed by atoms with E-state index in [1.807, 2.05) is 12.1 Å². The molecule has 0 atom stereocenters. The molecule has 1 fully saturated rings. The third-order valence-electron chi connectivity index (χ3n) is 3.41. The summed E-state index contributed by atoms with van der Waals surface area (Å²) < 4.78 is 0. The van der Waals surface area contributed by atoms with Crippen LogP contribution in [0.5, 0.6) is 0 Å². The maximum atomic E-state index is 11.7. The van der Waals surface area contributed by atoms with Crippen LogP contribution in [-0.4, -0.2) is 11.4 Å². The van der Waals surface area contributed by atoms with Crippen molar-refractivity contribution < 1.29 is 4.79 Å². The van der Waals surface area contributed by atoms with Crippen molar-refractivity contribution in [2.24, 2.45) is 5.73 Å². The van der Waals surface area contributed by atoms with E-state index in [0.717, 1.165) is 24.8 Å². The second kappa shape index (κ2) is 5.19. The minimum atomic E-state index is -0.279. The standard InChI is InChI=1S/C14H17N3O/c15-9-11-3-1-4-12(7-11)10-17-13(18)8-14(16)5-2-6-14/h1,3-4,7H,2,5-6,8,10,16H2,(H,17,18). The molecule has 0 bridgehead atoms. The molecular weight excluding hydrogens is 226 g/mol. The third kappa shape index (κ3) is 3.08. The molecule has 0 aromatic heterocycles. The summed E-state index contributed by atoms with van der Waals surface area (Å²) in [4.78, 5) is 11.7. The lowest BCUT2D eigenvalue weighted by molar-refractivity contribution is -0.123. The number of carbonyl (C=O) groups excluding carboxylic acids is 1. The van der Waals surface area contributed by atoms with Crippen molar-refractivity contribution in [3.05, 3.63) is 35.4 Å². The molecule has 0 spiro atoms. The second-order valence-electron chi connectivity index (χ2n) is 4.98. The van der Waals surface area contributed by atoms with Gasteiger partial charge in [-0.3, -0.25) is 4.79 Å². The Balaban J connectivity index is 1.83. The van der Waals surface area contributed by atoms with E-state index in [1.165, 1.54) is 0 Å². The molecule has 1 aromatic carbocycles. The first kappa shape index (κ1) is 12.6. The number of benzene rings is 1. The topological polar surface area (TPSA) is 78.9 Å². The fourth-order valence-electron chi connectivity index (χ4n) is 2.14. The average Bonchev–Trinajstić information content (AvgIpc) is 2.35. The lowest BCUT2D eigenvalue weighted by Crippen LogP contribution is -2.49. The molecule has 4 nitrogen and oxygen atoms in total. The molecule has 0 radical (unpaired) electrons. The Morgan fingerprint density at radius 3 is 2.89 bits per heavy atom. The number of nitrogens with one attached hydrogen (secondary N) is 1. The van der Waals surface area contributed by atoms with E-state index in [9.17, 15) is 4.79 Å². The quantitative estimate of drug-likeness (QED) is 0.840. The summed E-state index contributed by atoms with van der Waals surface area (Å²) >= 11 is 0. The molecule has 94 valence electrons. The molecule has 0 unspecified atom stereocenters. The minimum Gasteiger partial charge on any atom is -0.352 e. The zero-order valence-corrected chi connectivity index (χ0v) is 10.3. The highest BCUT2D eigenvalue weighted by molar-refractivity contribution is 5.77. The van der Waals surface area contributed by atoms with Gasteiger partial charge in [-0.25, -0.2) is 0 Å². The van der Waals surface area contributed by atoms with Crippen LogP contribution in [-0.2, 0) is 11.3 Å². The van der Waals surface area contributed by atoms with Gasteiger partial charge < -0.3 is 11.1 Å². The Labute approximate surface area is 107 Å². The monoisotopic (exact) mass is 243 g/mol. The zero-order valence-electron chi connectivity index (χ0n) is 10.3. The normalized spacial score (nSPS) is 16.4. The Morgan fingerprint density at radius 2 is 2.28 bits per heavy atom. The van der Waals surface area contributed by atoms with Gasteiger partial charge in [-0.1, -0.05) is 12.1 Å². The van der Waals surface area contributed by atoms with E-state index >= 15 is 0 Å². The summed E-state index contributed by atoms with van der Waals surface area (Å²) in [6.07, 6.45) is 3.38. The zero-order chi connectivity index (χ0) is 13.0. The van der Waals surface area contributed by atoms with E-state index in [4.69, 9.17) is 11.0 Å². The molecular formula is C14H17N3O. The van der Waals surface area contributed by atoms with Crippen molar-refractivity contribution in [3.63, 3.8) is 0 Å². The third-order valence-corrected chi connectivity index (χ3v) is 3.41. The number of amides is 1. The molecule has 0 saturated heterocycles. The number of hydrogen-bond donors (Lipinski definition) is 2. The summed E-state index contributed by atoms with van der Waals surface area (Å²) in [7, 11) is 0. The molecule has 1 amide bonds. The van der Waals surface area contributed by atoms with E-state index in [1.54, 1.807) is 12.1 Å². The fourth-order valence-corrected chi connectivity index (χ4v) is 2.14. The molecule has 2 rings (SSSR count). The van der Waals surface area contributed by atoms with Gasteiger partial charge in [-0.15, -0.1) is 0 Å². The van der Waals surface area contributed by atoms with Crippen molar-refractivity contribution in [1.82, 2.24) is 5.32 Å². The molecule has 18 heavy (non-hydrogen) atoms. The molecule has 1 aliphatic rings. The molecule has 4 heteroatoms. The van der Waals surface area contributed by atoms with Gasteiger partial charge in [0.15, 0.2) is 0 Å². The lowest BCUT2D eigenvalue weighted by atomic mass is 9.75. The summed E-state index contributed by atoms with van der Waals surface area (Å²) in [5.41, 5.74) is 7.28. The van der Waals surface area contributed by atoms with Crippen molar-refractivity contribution in [2.45, 2.75) is 37.8 Å². The van der Waals surface area contributed by atoms with Crippen molar-refractivity contribution >= 4 is 5.91 Å². The van der Waals surface area contributed by atoms with Gasteiger partial charge >= 0.3 is 0 Å². The molecule has 1 aromatic rings. The lowest BCUT2D eigenvalue weighted by Gasteiger charge is -2.37. The predicted octanol–water partition coefficient (Wildman–Crippen LogP) is 1.45. The smallest absolute Gasteiger partial charge is 0.222 e. The van der Waals surface area contributed by atoms with Gasteiger partial charge in [0.1, 0.15) is 0 Å². The first-order valence-corrected chi connectivity index (χ1v) is 6.16. The van der Waals surface area contributed by atoms with Crippen molar-refractivity contribution in [2.75, 3.05) is 0 Å². The van der Waals surface area contributed by atoms with E-state index < -0.39 is 0 Å². The molecule has 3 N–H and O–H groups in total. The van der Waals surface area contributed by atoms with Gasteiger partial charge in [0.2, 0.25) is 5.91 Å². The molecule has 0 aliphatic heterocycles. The maximum Gasteiger partial charge on any atom is 0.222 e. The van der Waals surface area contributed by atoms with Crippen LogP contribution >= 0.6 is 0 Å². The SMILES string of the molecule is N#Cc1cccc(CNC(=O)CC2(N)CCC2)c1. The largest absolute Gasteiger partial charge is 0.352 e. The summed E-state index contributed by atoms with van der Waals surface area (Å²) in [5, 5.41) is 11.6. The van der Waals surface area contributed by atoms with E-state index in [2.05, 4.69) is 11.4 Å². The van der Waals surface area contributed by atoms with Crippen LogP contribution in [0.2, 0.25) is 0 Å². The Morgan fingerprint density at radius 1 is 1.50 bits per heavy atom. The molecule has 1 aliphatic carbocycles. The number of rotatable bonds is 4. The van der Waals surface area contributed by atoms with Gasteiger partial charge in [0.25, 0.3) is 0 Å². The first-order valence-electron chi connectivity index (χ1n) is 6.16. The van der Waals surface area contributed by atoms with Crippen LogP contribution in [0.15, 0.2) is 24.3 Å². The predicted molar refractivity (Wildman–Crippen MR) is 68.4 cm³/mol. The Bertz CT molecular complexity index is 486. The summed E-state index contributed by atoms with van der Waals surface area (Å²) in [6.45, 7) is 0.449. The van der Waals surface area contributed by atoms with Crippen LogP contribution in [0.1, 0.15) is 36.8 Å². The van der Waals surface area contributed by atoms with Gasteiger partial charge in [0, 0.05) is 18.5 Å². The van der Waals surface area contributed by atoms with Gasteiger partial charge in [0.05, 0.1) is 11.6 Å². The number of hydrogen-bond acceptors (Lipinski definition) is 3. The van der Waals surface area contributed by atoms with Crippen LogP contribution in [0.3, 0.4) is 0 Å². The molecule has 1 saturated carbocycles. The first-order chi connectivity index (χ1) is 8.61. The second-order valence-corrected chi connectivity index (χ2v) is 4.98. The number of nitrogens with two attached hydrogens (primary N) is 1. The number of carbonyl (C=O) groups is 1. The summed E-state index contributed by atoms with van der Waals surface area (Å²) in [6, 6.07) is 9.31. The average molecular weight is 243 g/mol. The van der Waals surface area contributed by atoms with E-state index in [0.29, 0.717) is 18.5 Å². The number of nitrogens with zero attached hydrogens (tertiary/aromatic N) is 1.